The SMILES string of the molecule is O=C(O)Cn1c(=O)sc2cccc(Br)c21. The first-order valence-corrected chi connectivity index (χ1v) is 5.70. The maximum absolute atomic E-state index is 11.5. The van der Waals surface area contributed by atoms with E-state index < -0.39 is 5.97 Å². The van der Waals surface area contributed by atoms with Crippen LogP contribution in [0.4, 0.5) is 0 Å². The van der Waals surface area contributed by atoms with Gasteiger partial charge in [-0.05, 0) is 28.1 Å². The Bertz CT molecular complexity index is 587. The Morgan fingerprint density at radius 1 is 1.53 bits per heavy atom. The molecule has 0 radical (unpaired) electrons. The quantitative estimate of drug-likeness (QED) is 0.918. The van der Waals surface area contributed by atoms with E-state index in [0.29, 0.717) is 5.52 Å². The van der Waals surface area contributed by atoms with E-state index >= 15 is 0 Å². The zero-order valence-electron chi connectivity index (χ0n) is 7.44. The minimum Gasteiger partial charge on any atom is -0.480 e. The van der Waals surface area contributed by atoms with Gasteiger partial charge in [0.2, 0.25) is 0 Å². The third-order valence-electron chi connectivity index (χ3n) is 1.93. The van der Waals surface area contributed by atoms with Crippen molar-refractivity contribution in [3.05, 3.63) is 32.3 Å². The Balaban J connectivity index is 2.76. The van der Waals surface area contributed by atoms with Crippen molar-refractivity contribution in [1.29, 1.82) is 0 Å². The van der Waals surface area contributed by atoms with E-state index in [4.69, 9.17) is 5.11 Å². The summed E-state index contributed by atoms with van der Waals surface area (Å²) in [7, 11) is 0. The van der Waals surface area contributed by atoms with Gasteiger partial charge in [0.15, 0.2) is 0 Å². The van der Waals surface area contributed by atoms with Gasteiger partial charge in [-0.15, -0.1) is 0 Å². The third kappa shape index (κ3) is 1.82. The van der Waals surface area contributed by atoms with Gasteiger partial charge in [-0.3, -0.25) is 14.2 Å². The van der Waals surface area contributed by atoms with E-state index in [0.717, 1.165) is 20.5 Å². The second-order valence-electron chi connectivity index (χ2n) is 2.93. The lowest BCUT2D eigenvalue weighted by Crippen LogP contribution is -2.18. The lowest BCUT2D eigenvalue weighted by Gasteiger charge is -2.00. The second kappa shape index (κ2) is 3.79. The van der Waals surface area contributed by atoms with Gasteiger partial charge in [-0.1, -0.05) is 17.4 Å². The lowest BCUT2D eigenvalue weighted by molar-refractivity contribution is -0.137. The van der Waals surface area contributed by atoms with Crippen LogP contribution in [0, 0.1) is 0 Å². The molecule has 4 nitrogen and oxygen atoms in total. The van der Waals surface area contributed by atoms with Crippen LogP contribution in [0.2, 0.25) is 0 Å². The van der Waals surface area contributed by atoms with Crippen LogP contribution in [0.3, 0.4) is 0 Å². The highest BCUT2D eigenvalue weighted by molar-refractivity contribution is 9.10. The highest BCUT2D eigenvalue weighted by atomic mass is 79.9. The number of thiazole rings is 1. The summed E-state index contributed by atoms with van der Waals surface area (Å²) in [5.74, 6) is -1.02. The molecule has 0 aliphatic heterocycles. The number of carboxylic acid groups (broad SMARTS) is 1. The van der Waals surface area contributed by atoms with Crippen LogP contribution in [0.25, 0.3) is 10.2 Å². The number of hydrogen-bond donors (Lipinski definition) is 1. The molecule has 0 bridgehead atoms. The van der Waals surface area contributed by atoms with Crippen molar-refractivity contribution in [3.8, 4) is 0 Å². The first-order valence-electron chi connectivity index (χ1n) is 4.09. The van der Waals surface area contributed by atoms with Crippen LogP contribution in [0.1, 0.15) is 0 Å². The summed E-state index contributed by atoms with van der Waals surface area (Å²) in [5, 5.41) is 8.69. The van der Waals surface area contributed by atoms with E-state index in [1.54, 1.807) is 12.1 Å². The molecular formula is C9H6BrNO3S. The number of nitrogens with zero attached hydrogens (tertiary/aromatic N) is 1. The van der Waals surface area contributed by atoms with Gasteiger partial charge in [0.05, 0.1) is 10.2 Å². The van der Waals surface area contributed by atoms with Crippen molar-refractivity contribution < 1.29 is 9.90 Å². The van der Waals surface area contributed by atoms with E-state index in [1.165, 1.54) is 4.57 Å². The number of para-hydroxylation sites is 1. The Morgan fingerprint density at radius 2 is 2.27 bits per heavy atom. The van der Waals surface area contributed by atoms with Crippen LogP contribution in [0.15, 0.2) is 27.5 Å². The van der Waals surface area contributed by atoms with Crippen molar-refractivity contribution in [1.82, 2.24) is 4.57 Å². The number of rotatable bonds is 2. The molecule has 0 unspecified atom stereocenters. The van der Waals surface area contributed by atoms with Crippen LogP contribution in [-0.4, -0.2) is 15.6 Å². The fraction of sp³-hybridized carbons (Fsp3) is 0.111. The van der Waals surface area contributed by atoms with Crippen LogP contribution >= 0.6 is 27.3 Å². The summed E-state index contributed by atoms with van der Waals surface area (Å²) in [6.45, 7) is -0.304. The van der Waals surface area contributed by atoms with Crippen molar-refractivity contribution >= 4 is 43.5 Å². The first kappa shape index (κ1) is 10.4. The normalized spacial score (nSPS) is 10.7. The average molecular weight is 288 g/mol. The zero-order chi connectivity index (χ0) is 11.0. The second-order valence-corrected chi connectivity index (χ2v) is 4.78. The van der Waals surface area contributed by atoms with E-state index in [9.17, 15) is 9.59 Å². The molecule has 1 aromatic heterocycles. The van der Waals surface area contributed by atoms with E-state index in [2.05, 4.69) is 15.9 Å². The zero-order valence-corrected chi connectivity index (χ0v) is 9.84. The van der Waals surface area contributed by atoms with E-state index in [-0.39, 0.29) is 11.4 Å². The van der Waals surface area contributed by atoms with Gasteiger partial charge >= 0.3 is 10.8 Å². The van der Waals surface area contributed by atoms with Gasteiger partial charge < -0.3 is 5.11 Å². The van der Waals surface area contributed by atoms with Crippen LogP contribution in [-0.2, 0) is 11.3 Å². The largest absolute Gasteiger partial charge is 0.480 e. The Labute approximate surface area is 96.9 Å². The van der Waals surface area contributed by atoms with Crippen LogP contribution in [0.5, 0.6) is 0 Å². The minimum absolute atomic E-state index is 0.251. The molecule has 0 saturated heterocycles. The lowest BCUT2D eigenvalue weighted by atomic mass is 10.3. The molecule has 6 heteroatoms. The first-order chi connectivity index (χ1) is 7.09. The average Bonchev–Trinajstić information content (AvgIpc) is 2.43. The predicted octanol–water partition coefficient (Wildman–Crippen LogP) is 1.91. The molecule has 0 spiro atoms. The van der Waals surface area contributed by atoms with Gasteiger partial charge in [-0.2, -0.15) is 0 Å². The molecule has 0 aliphatic rings. The van der Waals surface area contributed by atoms with Crippen molar-refractivity contribution in [2.75, 3.05) is 0 Å². The maximum atomic E-state index is 11.5. The number of aromatic nitrogens is 1. The molecule has 0 aliphatic carbocycles. The van der Waals surface area contributed by atoms with Gasteiger partial charge in [0, 0.05) is 4.47 Å². The van der Waals surface area contributed by atoms with Crippen molar-refractivity contribution in [2.45, 2.75) is 6.54 Å². The van der Waals surface area contributed by atoms with Crippen molar-refractivity contribution in [2.24, 2.45) is 0 Å². The number of fused-ring (bicyclic) bond motifs is 1. The molecule has 1 heterocycles. The Morgan fingerprint density at radius 3 is 2.93 bits per heavy atom. The monoisotopic (exact) mass is 287 g/mol. The van der Waals surface area contributed by atoms with E-state index in [1.807, 2.05) is 6.07 Å². The van der Waals surface area contributed by atoms with Crippen molar-refractivity contribution in [3.63, 3.8) is 0 Å². The molecular weight excluding hydrogens is 282 g/mol. The molecule has 1 N–H and O–H groups in total. The summed E-state index contributed by atoms with van der Waals surface area (Å²) >= 11 is 4.35. The molecule has 0 amide bonds. The van der Waals surface area contributed by atoms with Gasteiger partial charge in [0.25, 0.3) is 0 Å². The number of carbonyl (C=O) groups is 1. The number of carboxylic acids is 1. The number of aliphatic carboxylic acids is 1. The molecule has 0 saturated carbocycles. The number of benzene rings is 1. The Kier molecular flexibility index (Phi) is 2.62. The Hall–Kier alpha value is -1.14. The molecule has 0 fully saturated rings. The smallest absolute Gasteiger partial charge is 0.323 e. The predicted molar refractivity (Wildman–Crippen MR) is 61.4 cm³/mol. The summed E-state index contributed by atoms with van der Waals surface area (Å²) in [6, 6.07) is 5.39. The molecule has 15 heavy (non-hydrogen) atoms. The summed E-state index contributed by atoms with van der Waals surface area (Å²) < 4.78 is 2.78. The highest BCUT2D eigenvalue weighted by Crippen LogP contribution is 2.25. The molecule has 2 rings (SSSR count). The van der Waals surface area contributed by atoms with Gasteiger partial charge in [-0.25, -0.2) is 0 Å². The number of hydrogen-bond acceptors (Lipinski definition) is 3. The molecule has 1 aromatic carbocycles. The molecule has 78 valence electrons. The third-order valence-corrected chi connectivity index (χ3v) is 3.51. The summed E-state index contributed by atoms with van der Waals surface area (Å²) in [5.41, 5.74) is 0.648. The fourth-order valence-corrected chi connectivity index (χ4v) is 2.99. The fourth-order valence-electron chi connectivity index (χ4n) is 1.36. The molecule has 0 atom stereocenters. The summed E-state index contributed by atoms with van der Waals surface area (Å²) in [4.78, 5) is 21.9. The summed E-state index contributed by atoms with van der Waals surface area (Å²) in [6.07, 6.45) is 0. The van der Waals surface area contributed by atoms with Crippen LogP contribution < -0.4 is 4.87 Å². The standard InChI is InChI=1S/C9H6BrNO3S/c10-5-2-1-3-6-8(5)11(4-7(12)13)9(14)15-6/h1-3H,4H2,(H,12,13). The maximum Gasteiger partial charge on any atom is 0.323 e. The molecule has 2 aromatic rings. The minimum atomic E-state index is -1.02. The highest BCUT2D eigenvalue weighted by Gasteiger charge is 2.12. The number of halogens is 1. The van der Waals surface area contributed by atoms with Gasteiger partial charge in [0.1, 0.15) is 6.54 Å². The topological polar surface area (TPSA) is 59.3 Å².